The van der Waals surface area contributed by atoms with E-state index in [1.165, 1.54) is 45.3 Å². The minimum Gasteiger partial charge on any atom is -0.352 e. The van der Waals surface area contributed by atoms with Crippen molar-refractivity contribution in [3.05, 3.63) is 0 Å². The van der Waals surface area contributed by atoms with E-state index in [4.69, 9.17) is 0 Å². The molecule has 0 aromatic rings. The van der Waals surface area contributed by atoms with Gasteiger partial charge in [0.15, 0.2) is 0 Å². The predicted octanol–water partition coefficient (Wildman–Crippen LogP) is 1.95. The van der Waals surface area contributed by atoms with Crippen molar-refractivity contribution in [1.82, 2.24) is 15.1 Å². The van der Waals surface area contributed by atoms with Gasteiger partial charge >= 0.3 is 0 Å². The molecule has 21 heavy (non-hydrogen) atoms. The first-order valence-corrected chi connectivity index (χ1v) is 8.78. The molecule has 0 radical (unpaired) electrons. The average Bonchev–Trinajstić information content (AvgIpc) is 2.93. The maximum atomic E-state index is 12.0. The number of nitrogens with one attached hydrogen (secondary N) is 1. The zero-order valence-electron chi connectivity index (χ0n) is 14.1. The lowest BCUT2D eigenvalue weighted by atomic mass is 9.96. The maximum absolute atomic E-state index is 12.0. The Morgan fingerprint density at radius 2 is 1.67 bits per heavy atom. The van der Waals surface area contributed by atoms with Crippen LogP contribution in [-0.2, 0) is 4.79 Å². The van der Waals surface area contributed by atoms with Crippen LogP contribution in [0.3, 0.4) is 0 Å². The van der Waals surface area contributed by atoms with E-state index in [2.05, 4.69) is 35.9 Å². The van der Waals surface area contributed by atoms with E-state index in [1.54, 1.807) is 0 Å². The molecule has 0 aromatic heterocycles. The van der Waals surface area contributed by atoms with E-state index >= 15 is 0 Å². The molecule has 2 heterocycles. The summed E-state index contributed by atoms with van der Waals surface area (Å²) in [4.78, 5) is 17.0. The Morgan fingerprint density at radius 1 is 1.05 bits per heavy atom. The van der Waals surface area contributed by atoms with Gasteiger partial charge in [-0.15, -0.1) is 0 Å². The number of rotatable bonds is 6. The molecule has 1 N–H and O–H groups in total. The maximum Gasteiger partial charge on any atom is 0.234 e. The standard InChI is InChI=1S/C17H33N3O/c1-14(2)15(3)18-17(21)13-20-10-6-16(7-11-20)12-19-8-4-5-9-19/h14-16H,4-13H2,1-3H3,(H,18,21)/t15-/m1/s1. The Balaban J connectivity index is 1.63. The van der Waals surface area contributed by atoms with Crippen molar-refractivity contribution < 1.29 is 4.79 Å². The van der Waals surface area contributed by atoms with Gasteiger partial charge in [-0.3, -0.25) is 9.69 Å². The van der Waals surface area contributed by atoms with Crippen LogP contribution in [0.25, 0.3) is 0 Å². The first-order chi connectivity index (χ1) is 10.0. The highest BCUT2D eigenvalue weighted by Crippen LogP contribution is 2.20. The van der Waals surface area contributed by atoms with Crippen molar-refractivity contribution in [2.24, 2.45) is 11.8 Å². The van der Waals surface area contributed by atoms with Crippen LogP contribution in [0.5, 0.6) is 0 Å². The number of amides is 1. The summed E-state index contributed by atoms with van der Waals surface area (Å²) in [5, 5.41) is 3.11. The van der Waals surface area contributed by atoms with E-state index in [1.807, 2.05) is 0 Å². The van der Waals surface area contributed by atoms with Crippen LogP contribution in [0.4, 0.5) is 0 Å². The average molecular weight is 295 g/mol. The monoisotopic (exact) mass is 295 g/mol. The van der Waals surface area contributed by atoms with Gasteiger partial charge in [-0.05, 0) is 70.6 Å². The number of nitrogens with zero attached hydrogens (tertiary/aromatic N) is 2. The highest BCUT2D eigenvalue weighted by Gasteiger charge is 2.24. The highest BCUT2D eigenvalue weighted by atomic mass is 16.2. The molecule has 0 bridgehead atoms. The van der Waals surface area contributed by atoms with Gasteiger partial charge in [-0.1, -0.05) is 13.8 Å². The summed E-state index contributed by atoms with van der Waals surface area (Å²) < 4.78 is 0. The molecular weight excluding hydrogens is 262 g/mol. The van der Waals surface area contributed by atoms with E-state index < -0.39 is 0 Å². The Hall–Kier alpha value is -0.610. The molecule has 4 heteroatoms. The molecule has 2 aliphatic rings. The van der Waals surface area contributed by atoms with Gasteiger partial charge in [0.2, 0.25) is 5.91 Å². The highest BCUT2D eigenvalue weighted by molar-refractivity contribution is 5.78. The van der Waals surface area contributed by atoms with Gasteiger partial charge in [-0.2, -0.15) is 0 Å². The number of likely N-dealkylation sites (tertiary alicyclic amines) is 2. The third-order valence-corrected chi connectivity index (χ3v) is 5.18. The van der Waals surface area contributed by atoms with Crippen molar-refractivity contribution in [3.8, 4) is 0 Å². The first kappa shape index (κ1) is 16.8. The summed E-state index contributed by atoms with van der Waals surface area (Å²) in [6.07, 6.45) is 5.27. The van der Waals surface area contributed by atoms with Crippen molar-refractivity contribution >= 4 is 5.91 Å². The van der Waals surface area contributed by atoms with Crippen LogP contribution in [0.2, 0.25) is 0 Å². The van der Waals surface area contributed by atoms with Gasteiger partial charge in [-0.25, -0.2) is 0 Å². The molecular formula is C17H33N3O. The zero-order valence-corrected chi connectivity index (χ0v) is 14.1. The molecule has 4 nitrogen and oxygen atoms in total. The molecule has 1 atom stereocenters. The van der Waals surface area contributed by atoms with Crippen molar-refractivity contribution in [3.63, 3.8) is 0 Å². The fourth-order valence-corrected chi connectivity index (χ4v) is 3.33. The Kier molecular flexibility index (Phi) is 6.49. The van der Waals surface area contributed by atoms with Gasteiger partial charge in [0.05, 0.1) is 6.54 Å². The van der Waals surface area contributed by atoms with Gasteiger partial charge in [0.1, 0.15) is 0 Å². The molecule has 0 unspecified atom stereocenters. The van der Waals surface area contributed by atoms with Crippen LogP contribution < -0.4 is 5.32 Å². The number of carbonyl (C=O) groups excluding carboxylic acids is 1. The molecule has 1 amide bonds. The smallest absolute Gasteiger partial charge is 0.234 e. The number of hydrogen-bond donors (Lipinski definition) is 1. The van der Waals surface area contributed by atoms with Crippen LogP contribution in [-0.4, -0.2) is 61.0 Å². The largest absolute Gasteiger partial charge is 0.352 e. The van der Waals surface area contributed by atoms with Crippen molar-refractivity contribution in [1.29, 1.82) is 0 Å². The molecule has 2 saturated heterocycles. The fraction of sp³-hybridized carbons (Fsp3) is 0.941. The number of piperidine rings is 1. The second-order valence-corrected chi connectivity index (χ2v) is 7.33. The molecule has 0 aromatic carbocycles. The number of carbonyl (C=O) groups is 1. The molecule has 2 aliphatic heterocycles. The van der Waals surface area contributed by atoms with Crippen molar-refractivity contribution in [2.45, 2.75) is 52.5 Å². The summed E-state index contributed by atoms with van der Waals surface area (Å²) in [5.41, 5.74) is 0. The van der Waals surface area contributed by atoms with E-state index in [0.29, 0.717) is 12.5 Å². The lowest BCUT2D eigenvalue weighted by Gasteiger charge is -2.33. The summed E-state index contributed by atoms with van der Waals surface area (Å²) in [6, 6.07) is 0.269. The van der Waals surface area contributed by atoms with Crippen LogP contribution >= 0.6 is 0 Å². The summed E-state index contributed by atoms with van der Waals surface area (Å²) in [5.74, 6) is 1.53. The second kappa shape index (κ2) is 8.14. The van der Waals surface area contributed by atoms with E-state index in [0.717, 1.165) is 19.0 Å². The van der Waals surface area contributed by atoms with Crippen LogP contribution in [0.1, 0.15) is 46.5 Å². The van der Waals surface area contributed by atoms with Crippen molar-refractivity contribution in [2.75, 3.05) is 39.3 Å². The van der Waals surface area contributed by atoms with Crippen LogP contribution in [0, 0.1) is 11.8 Å². The summed E-state index contributed by atoms with van der Waals surface area (Å²) in [6.45, 7) is 13.0. The molecule has 2 fully saturated rings. The Bertz CT molecular complexity index is 318. The quantitative estimate of drug-likeness (QED) is 0.813. The van der Waals surface area contributed by atoms with Gasteiger partial charge in [0, 0.05) is 12.6 Å². The lowest BCUT2D eigenvalue weighted by Crippen LogP contribution is -2.46. The first-order valence-electron chi connectivity index (χ1n) is 8.78. The van der Waals surface area contributed by atoms with Gasteiger partial charge < -0.3 is 10.2 Å². The van der Waals surface area contributed by atoms with E-state index in [9.17, 15) is 4.79 Å². The minimum absolute atomic E-state index is 0.189. The third kappa shape index (κ3) is 5.59. The topological polar surface area (TPSA) is 35.6 Å². The molecule has 0 aliphatic carbocycles. The summed E-state index contributed by atoms with van der Waals surface area (Å²) in [7, 11) is 0. The molecule has 122 valence electrons. The van der Waals surface area contributed by atoms with E-state index in [-0.39, 0.29) is 11.9 Å². The SMILES string of the molecule is CC(C)[C@@H](C)NC(=O)CN1CCC(CN2CCCC2)CC1. The molecule has 0 saturated carbocycles. The van der Waals surface area contributed by atoms with Crippen LogP contribution in [0.15, 0.2) is 0 Å². The second-order valence-electron chi connectivity index (χ2n) is 7.33. The Labute approximate surface area is 130 Å². The Morgan fingerprint density at radius 3 is 2.24 bits per heavy atom. The minimum atomic E-state index is 0.189. The van der Waals surface area contributed by atoms with Gasteiger partial charge in [0.25, 0.3) is 0 Å². The lowest BCUT2D eigenvalue weighted by molar-refractivity contribution is -0.123. The summed E-state index contributed by atoms with van der Waals surface area (Å²) >= 11 is 0. The predicted molar refractivity (Wildman–Crippen MR) is 87.3 cm³/mol. The molecule has 2 rings (SSSR count). The number of hydrogen-bond acceptors (Lipinski definition) is 3. The normalized spacial score (nSPS) is 23.6. The zero-order chi connectivity index (χ0) is 15.2. The third-order valence-electron chi connectivity index (χ3n) is 5.18. The molecule has 0 spiro atoms. The fourth-order valence-electron chi connectivity index (χ4n) is 3.33.